The number of hydrogen-bond donors (Lipinski definition) is 1. The third-order valence-corrected chi connectivity index (χ3v) is 4.90. The van der Waals surface area contributed by atoms with Crippen LogP contribution in [0.25, 0.3) is 0 Å². The van der Waals surface area contributed by atoms with E-state index in [0.29, 0.717) is 6.54 Å². The van der Waals surface area contributed by atoms with Crippen molar-refractivity contribution in [3.63, 3.8) is 0 Å². The number of carbonyl (C=O) groups is 2. The highest BCUT2D eigenvalue weighted by atomic mass is 35.5. The Balaban J connectivity index is 1.85. The SMILES string of the molecule is CCN(C(=O)OCC(=O)NC)C1CCN(Cc2cc(C)cc(Cl)c2)CC1. The summed E-state index contributed by atoms with van der Waals surface area (Å²) in [6.07, 6.45) is 1.37. The van der Waals surface area contributed by atoms with E-state index in [2.05, 4.69) is 16.3 Å². The van der Waals surface area contributed by atoms with Crippen molar-refractivity contribution in [1.29, 1.82) is 0 Å². The van der Waals surface area contributed by atoms with E-state index in [9.17, 15) is 9.59 Å². The van der Waals surface area contributed by atoms with Gasteiger partial charge in [0, 0.05) is 44.3 Å². The molecular formula is C19H28ClN3O3. The van der Waals surface area contributed by atoms with Crippen LogP contribution < -0.4 is 5.32 Å². The van der Waals surface area contributed by atoms with Crippen LogP contribution in [0.5, 0.6) is 0 Å². The van der Waals surface area contributed by atoms with Gasteiger partial charge < -0.3 is 15.0 Å². The summed E-state index contributed by atoms with van der Waals surface area (Å²) in [6, 6.07) is 6.28. The number of halogens is 1. The standard InChI is InChI=1S/C19H28ClN3O3/c1-4-23(19(25)26-13-18(24)21-3)17-5-7-22(8-6-17)12-15-9-14(2)10-16(20)11-15/h9-11,17H,4-8,12-13H2,1-3H3,(H,21,24). The van der Waals surface area contributed by atoms with Crippen LogP contribution in [0.3, 0.4) is 0 Å². The highest BCUT2D eigenvalue weighted by Gasteiger charge is 2.28. The number of carbonyl (C=O) groups excluding carboxylic acids is 2. The number of aryl methyl sites for hydroxylation is 1. The molecule has 2 rings (SSSR count). The van der Waals surface area contributed by atoms with Gasteiger partial charge in [0.15, 0.2) is 6.61 Å². The molecule has 1 aliphatic heterocycles. The molecule has 0 atom stereocenters. The summed E-state index contributed by atoms with van der Waals surface area (Å²) >= 11 is 6.14. The lowest BCUT2D eigenvalue weighted by Gasteiger charge is -2.37. The first-order valence-corrected chi connectivity index (χ1v) is 9.43. The predicted molar refractivity (Wildman–Crippen MR) is 102 cm³/mol. The number of nitrogens with one attached hydrogen (secondary N) is 1. The van der Waals surface area contributed by atoms with Crippen molar-refractivity contribution in [3.05, 3.63) is 34.3 Å². The molecular weight excluding hydrogens is 354 g/mol. The first kappa shape index (κ1) is 20.5. The molecule has 7 heteroatoms. The molecule has 0 aromatic heterocycles. The van der Waals surface area contributed by atoms with E-state index in [-0.39, 0.29) is 18.6 Å². The molecule has 0 saturated carbocycles. The van der Waals surface area contributed by atoms with Gasteiger partial charge in [-0.3, -0.25) is 9.69 Å². The predicted octanol–water partition coefficient (Wildman–Crippen LogP) is 2.82. The zero-order chi connectivity index (χ0) is 19.1. The van der Waals surface area contributed by atoms with Crippen molar-refractivity contribution in [2.75, 3.05) is 33.3 Å². The lowest BCUT2D eigenvalue weighted by atomic mass is 10.0. The van der Waals surface area contributed by atoms with Crippen LogP contribution in [0.1, 0.15) is 30.9 Å². The quantitative estimate of drug-likeness (QED) is 0.823. The Morgan fingerprint density at radius 1 is 1.31 bits per heavy atom. The topological polar surface area (TPSA) is 61.9 Å². The number of benzene rings is 1. The average Bonchev–Trinajstić information content (AvgIpc) is 2.60. The molecule has 2 amide bonds. The normalized spacial score (nSPS) is 15.5. The van der Waals surface area contributed by atoms with Crippen LogP contribution in [0.15, 0.2) is 18.2 Å². The number of nitrogens with zero attached hydrogens (tertiary/aromatic N) is 2. The van der Waals surface area contributed by atoms with Crippen LogP contribution >= 0.6 is 11.6 Å². The minimum Gasteiger partial charge on any atom is -0.439 e. The molecule has 0 unspecified atom stereocenters. The summed E-state index contributed by atoms with van der Waals surface area (Å²) in [6.45, 7) is 7.00. The fraction of sp³-hybridized carbons (Fsp3) is 0.579. The smallest absolute Gasteiger partial charge is 0.410 e. The minimum absolute atomic E-state index is 0.148. The number of ether oxygens (including phenoxy) is 1. The Morgan fingerprint density at radius 3 is 2.58 bits per heavy atom. The summed E-state index contributed by atoms with van der Waals surface area (Å²) in [4.78, 5) is 27.6. The van der Waals surface area contributed by atoms with Crippen molar-refractivity contribution in [2.45, 2.75) is 39.3 Å². The highest BCUT2D eigenvalue weighted by Crippen LogP contribution is 2.21. The molecule has 1 N–H and O–H groups in total. The van der Waals surface area contributed by atoms with Gasteiger partial charge in [-0.15, -0.1) is 0 Å². The number of likely N-dealkylation sites (N-methyl/N-ethyl adjacent to an activating group) is 1. The number of likely N-dealkylation sites (tertiary alicyclic amines) is 1. The third-order valence-electron chi connectivity index (χ3n) is 4.69. The first-order chi connectivity index (χ1) is 12.4. The summed E-state index contributed by atoms with van der Waals surface area (Å²) in [5.74, 6) is -0.305. The minimum atomic E-state index is -0.417. The molecule has 0 spiro atoms. The third kappa shape index (κ3) is 5.88. The largest absolute Gasteiger partial charge is 0.439 e. The van der Waals surface area contributed by atoms with Crippen molar-refractivity contribution in [2.24, 2.45) is 0 Å². The lowest BCUT2D eigenvalue weighted by Crippen LogP contribution is -2.47. The van der Waals surface area contributed by atoms with Crippen LogP contribution in [-0.2, 0) is 16.1 Å². The van der Waals surface area contributed by atoms with Gasteiger partial charge in [0.2, 0.25) is 0 Å². The molecule has 0 aliphatic carbocycles. The van der Waals surface area contributed by atoms with E-state index < -0.39 is 6.09 Å². The van der Waals surface area contributed by atoms with Crippen LogP contribution in [0, 0.1) is 6.92 Å². The summed E-state index contributed by atoms with van der Waals surface area (Å²) in [7, 11) is 1.52. The molecule has 6 nitrogen and oxygen atoms in total. The first-order valence-electron chi connectivity index (χ1n) is 9.05. The molecule has 1 aliphatic rings. The van der Waals surface area contributed by atoms with E-state index in [1.54, 1.807) is 4.90 Å². The van der Waals surface area contributed by atoms with Crippen molar-refractivity contribution in [1.82, 2.24) is 15.1 Å². The maximum absolute atomic E-state index is 12.2. The van der Waals surface area contributed by atoms with Crippen molar-refractivity contribution >= 4 is 23.6 Å². The fourth-order valence-corrected chi connectivity index (χ4v) is 3.68. The van der Waals surface area contributed by atoms with Gasteiger partial charge in [-0.25, -0.2) is 4.79 Å². The van der Waals surface area contributed by atoms with Gasteiger partial charge in [-0.05, 0) is 49.9 Å². The fourth-order valence-electron chi connectivity index (χ4n) is 3.37. The van der Waals surface area contributed by atoms with Gasteiger partial charge in [-0.2, -0.15) is 0 Å². The molecule has 26 heavy (non-hydrogen) atoms. The molecule has 1 heterocycles. The number of rotatable bonds is 6. The molecule has 144 valence electrons. The van der Waals surface area contributed by atoms with E-state index in [1.807, 2.05) is 26.0 Å². The summed E-state index contributed by atoms with van der Waals surface area (Å²) < 4.78 is 5.10. The molecule has 1 aromatic rings. The molecule has 0 radical (unpaired) electrons. The maximum Gasteiger partial charge on any atom is 0.410 e. The lowest BCUT2D eigenvalue weighted by molar-refractivity contribution is -0.123. The van der Waals surface area contributed by atoms with E-state index in [1.165, 1.54) is 18.2 Å². The summed E-state index contributed by atoms with van der Waals surface area (Å²) in [5, 5.41) is 3.21. The van der Waals surface area contributed by atoms with E-state index in [4.69, 9.17) is 16.3 Å². The second kappa shape index (κ2) is 9.78. The summed E-state index contributed by atoms with van der Waals surface area (Å²) in [5.41, 5.74) is 2.38. The van der Waals surface area contributed by atoms with Crippen LogP contribution in [-0.4, -0.2) is 61.1 Å². The number of piperidine rings is 1. The van der Waals surface area contributed by atoms with Gasteiger partial charge in [0.25, 0.3) is 5.91 Å². The van der Waals surface area contributed by atoms with E-state index >= 15 is 0 Å². The number of hydrogen-bond acceptors (Lipinski definition) is 4. The van der Waals surface area contributed by atoms with Gasteiger partial charge in [0.05, 0.1) is 0 Å². The Bertz CT molecular complexity index is 610. The van der Waals surface area contributed by atoms with Crippen molar-refractivity contribution < 1.29 is 14.3 Å². The van der Waals surface area contributed by atoms with Gasteiger partial charge in [0.1, 0.15) is 0 Å². The monoisotopic (exact) mass is 381 g/mol. The highest BCUT2D eigenvalue weighted by molar-refractivity contribution is 6.30. The Kier molecular flexibility index (Phi) is 7.72. The maximum atomic E-state index is 12.2. The number of amides is 2. The van der Waals surface area contributed by atoms with Crippen LogP contribution in [0.2, 0.25) is 5.02 Å². The second-order valence-electron chi connectivity index (χ2n) is 6.66. The van der Waals surface area contributed by atoms with Crippen LogP contribution in [0.4, 0.5) is 4.79 Å². The van der Waals surface area contributed by atoms with Gasteiger partial charge >= 0.3 is 6.09 Å². The molecule has 1 aromatic carbocycles. The van der Waals surface area contributed by atoms with E-state index in [0.717, 1.165) is 37.5 Å². The molecule has 0 bridgehead atoms. The molecule has 1 saturated heterocycles. The second-order valence-corrected chi connectivity index (χ2v) is 7.09. The zero-order valence-corrected chi connectivity index (χ0v) is 16.5. The Morgan fingerprint density at radius 2 is 2.00 bits per heavy atom. The molecule has 1 fully saturated rings. The van der Waals surface area contributed by atoms with Gasteiger partial charge in [-0.1, -0.05) is 17.7 Å². The van der Waals surface area contributed by atoms with Crippen molar-refractivity contribution in [3.8, 4) is 0 Å². The average molecular weight is 382 g/mol. The Labute approximate surface area is 160 Å². The Hall–Kier alpha value is -1.79. The zero-order valence-electron chi connectivity index (χ0n) is 15.8.